The number of hydrogen-bond acceptors (Lipinski definition) is 6. The second-order valence-corrected chi connectivity index (χ2v) is 14.2. The Hall–Kier alpha value is -6.02. The monoisotopic (exact) mass is 764 g/mol. The first kappa shape index (κ1) is 40.6. The van der Waals surface area contributed by atoms with E-state index in [-0.39, 0.29) is 17.9 Å². The summed E-state index contributed by atoms with van der Waals surface area (Å²) in [6.07, 6.45) is 41.4. The molecule has 2 aliphatic heterocycles. The quantitative estimate of drug-likeness (QED) is 0.141. The normalized spacial score (nSPS) is 17.5. The van der Waals surface area contributed by atoms with E-state index in [0.29, 0.717) is 71.9 Å². The number of nitrogens with zero attached hydrogens (tertiary/aromatic N) is 4. The molecule has 0 bridgehead atoms. The fourth-order valence-corrected chi connectivity index (χ4v) is 7.48. The lowest BCUT2D eigenvalue weighted by Crippen LogP contribution is -2.32. The van der Waals surface area contributed by atoms with Crippen LogP contribution in [0.25, 0.3) is 5.70 Å². The number of fused-ring (bicyclic) bond motifs is 1. The first-order chi connectivity index (χ1) is 27.9. The van der Waals surface area contributed by atoms with Crippen molar-refractivity contribution in [1.82, 2.24) is 9.80 Å². The van der Waals surface area contributed by atoms with E-state index in [4.69, 9.17) is 8.83 Å². The molecule has 0 saturated heterocycles. The van der Waals surface area contributed by atoms with Gasteiger partial charge in [-0.05, 0) is 57.9 Å². The standard InChI is InChI=1S/C49H56N4O4/c1-6-11-14-23-35-50(37(10-5)24-9-4)43-31-29-40(56-43)36-41-45-46(49(55)51(41)33-12-7-2)47(52(48(45)54)34-13-8-3)42-30-32-44(57-42)53(38-25-19-15-16-20-26-38)39-27-21-17-18-22-28-39/h6,9-11,14-27,29-32,38H,7-8,12-13,28,33-36H2,1-5H3/b11-6-,23-14-,24-9-,37-10+. The lowest BCUT2D eigenvalue weighted by atomic mass is 10.1. The van der Waals surface area contributed by atoms with E-state index in [9.17, 15) is 9.59 Å². The maximum atomic E-state index is 14.7. The maximum absolute atomic E-state index is 14.7. The number of carbonyl (C=O) groups is 2. The third-order valence-electron chi connectivity index (χ3n) is 10.3. The predicted octanol–water partition coefficient (Wildman–Crippen LogP) is 11.0. The molecule has 8 heteroatoms. The summed E-state index contributed by atoms with van der Waals surface area (Å²) in [4.78, 5) is 37.3. The Morgan fingerprint density at radius 2 is 1.51 bits per heavy atom. The molecule has 2 aromatic rings. The molecule has 296 valence electrons. The molecule has 0 aromatic carbocycles. The molecule has 0 saturated carbocycles. The summed E-state index contributed by atoms with van der Waals surface area (Å²) < 4.78 is 13.4. The van der Waals surface area contributed by atoms with Crippen molar-refractivity contribution in [3.05, 3.63) is 173 Å². The molecule has 2 aromatic heterocycles. The van der Waals surface area contributed by atoms with E-state index >= 15 is 0 Å². The van der Waals surface area contributed by atoms with Crippen molar-refractivity contribution in [3.63, 3.8) is 0 Å². The SMILES string of the molecule is C/C=C\C=C/CN(C(/C=C\C)=C/C)c1ccc(CC2=C3C(=O)N(CCCC)C(c4ccc(N(C5=CC=CC=CC5)C5C=CC=CC=C5)o4)=C3C(=O)N2CCCC)o1. The highest BCUT2D eigenvalue weighted by Gasteiger charge is 2.49. The van der Waals surface area contributed by atoms with Gasteiger partial charge in [-0.15, -0.1) is 0 Å². The Morgan fingerprint density at radius 3 is 2.23 bits per heavy atom. The Balaban J connectivity index is 1.43. The molecule has 0 N–H and O–H groups in total. The van der Waals surface area contributed by atoms with Gasteiger partial charge in [0, 0.05) is 61.7 Å². The summed E-state index contributed by atoms with van der Waals surface area (Å²) >= 11 is 0. The lowest BCUT2D eigenvalue weighted by molar-refractivity contribution is -0.124. The van der Waals surface area contributed by atoms with Crippen molar-refractivity contribution in [1.29, 1.82) is 0 Å². The molecule has 2 amide bonds. The van der Waals surface area contributed by atoms with E-state index in [1.54, 1.807) is 9.80 Å². The van der Waals surface area contributed by atoms with Crippen LogP contribution in [-0.2, 0) is 16.0 Å². The van der Waals surface area contributed by atoms with E-state index in [1.165, 1.54) is 0 Å². The molecule has 8 nitrogen and oxygen atoms in total. The van der Waals surface area contributed by atoms with Gasteiger partial charge >= 0.3 is 0 Å². The Kier molecular flexibility index (Phi) is 14.1. The minimum atomic E-state index is -0.167. The third-order valence-corrected chi connectivity index (χ3v) is 10.3. The van der Waals surface area contributed by atoms with Gasteiger partial charge in [-0.1, -0.05) is 124 Å². The minimum Gasteiger partial charge on any atom is -0.445 e. The molecule has 6 rings (SSSR count). The average molecular weight is 765 g/mol. The number of hydrogen-bond donors (Lipinski definition) is 0. The molecule has 2 aliphatic carbocycles. The van der Waals surface area contributed by atoms with Crippen LogP contribution in [0.4, 0.5) is 11.8 Å². The fraction of sp³-hybridized carbons (Fsp3) is 0.306. The van der Waals surface area contributed by atoms with Crippen molar-refractivity contribution < 1.29 is 18.4 Å². The maximum Gasteiger partial charge on any atom is 0.261 e. The highest BCUT2D eigenvalue weighted by molar-refractivity contribution is 6.25. The van der Waals surface area contributed by atoms with Gasteiger partial charge in [0.2, 0.25) is 5.88 Å². The van der Waals surface area contributed by atoms with Crippen LogP contribution in [0.3, 0.4) is 0 Å². The number of unbranched alkanes of at least 4 members (excludes halogenated alkanes) is 2. The molecule has 4 aliphatic rings. The van der Waals surface area contributed by atoms with Crippen LogP contribution < -0.4 is 9.80 Å². The van der Waals surface area contributed by atoms with Crippen LogP contribution in [0.15, 0.2) is 171 Å². The Bertz CT molecular complexity index is 2140. The molecule has 0 fully saturated rings. The second-order valence-electron chi connectivity index (χ2n) is 14.2. The Labute approximate surface area is 338 Å². The summed E-state index contributed by atoms with van der Waals surface area (Å²) in [5.41, 5.74) is 4.16. The second kappa shape index (κ2) is 19.7. The molecule has 0 unspecified atom stereocenters. The molecule has 57 heavy (non-hydrogen) atoms. The molecular formula is C49H56N4O4. The number of furan rings is 2. The highest BCUT2D eigenvalue weighted by atomic mass is 16.4. The van der Waals surface area contributed by atoms with Gasteiger partial charge in [-0.25, -0.2) is 0 Å². The predicted molar refractivity (Wildman–Crippen MR) is 233 cm³/mol. The van der Waals surface area contributed by atoms with E-state index in [1.807, 2.05) is 112 Å². The van der Waals surface area contributed by atoms with Crippen molar-refractivity contribution in [2.24, 2.45) is 0 Å². The van der Waals surface area contributed by atoms with Crippen molar-refractivity contribution in [2.45, 2.75) is 79.2 Å². The number of rotatable bonds is 18. The third kappa shape index (κ3) is 9.01. The zero-order valence-electron chi connectivity index (χ0n) is 34.1. The van der Waals surface area contributed by atoms with Gasteiger partial charge in [-0.3, -0.25) is 9.59 Å². The van der Waals surface area contributed by atoms with E-state index < -0.39 is 0 Å². The van der Waals surface area contributed by atoms with Crippen LogP contribution in [0.2, 0.25) is 0 Å². The van der Waals surface area contributed by atoms with Crippen LogP contribution in [0.5, 0.6) is 0 Å². The Morgan fingerprint density at radius 1 is 0.789 bits per heavy atom. The van der Waals surface area contributed by atoms with Gasteiger partial charge in [0.1, 0.15) is 11.5 Å². The van der Waals surface area contributed by atoms with Gasteiger partial charge in [0.25, 0.3) is 11.8 Å². The number of carbonyl (C=O) groups excluding carboxylic acids is 2. The fourth-order valence-electron chi connectivity index (χ4n) is 7.48. The number of allylic oxidation sites excluding steroid dienone is 16. The molecular weight excluding hydrogens is 709 g/mol. The van der Waals surface area contributed by atoms with Crippen molar-refractivity contribution >= 4 is 29.3 Å². The first-order valence-electron chi connectivity index (χ1n) is 20.4. The van der Waals surface area contributed by atoms with Crippen molar-refractivity contribution in [2.75, 3.05) is 29.4 Å². The van der Waals surface area contributed by atoms with Gasteiger partial charge in [-0.2, -0.15) is 0 Å². The number of anilines is 2. The van der Waals surface area contributed by atoms with Crippen LogP contribution in [0, 0.1) is 0 Å². The summed E-state index contributed by atoms with van der Waals surface area (Å²) in [6, 6.07) is 7.69. The summed E-state index contributed by atoms with van der Waals surface area (Å²) in [5, 5.41) is 0. The van der Waals surface area contributed by atoms with Gasteiger partial charge in [0.05, 0.1) is 17.2 Å². The van der Waals surface area contributed by atoms with E-state index in [0.717, 1.165) is 43.5 Å². The van der Waals surface area contributed by atoms with Crippen LogP contribution in [-0.4, -0.2) is 47.3 Å². The van der Waals surface area contributed by atoms with Gasteiger partial charge in [0.15, 0.2) is 11.6 Å². The highest BCUT2D eigenvalue weighted by Crippen LogP contribution is 2.46. The summed E-state index contributed by atoms with van der Waals surface area (Å²) in [6.45, 7) is 11.8. The van der Waals surface area contributed by atoms with Gasteiger partial charge < -0.3 is 28.4 Å². The van der Waals surface area contributed by atoms with E-state index in [2.05, 4.69) is 66.2 Å². The summed E-state index contributed by atoms with van der Waals surface area (Å²) in [7, 11) is 0. The largest absolute Gasteiger partial charge is 0.445 e. The topological polar surface area (TPSA) is 73.4 Å². The smallest absolute Gasteiger partial charge is 0.261 e. The zero-order chi connectivity index (χ0) is 40.1. The zero-order valence-corrected chi connectivity index (χ0v) is 34.1. The van der Waals surface area contributed by atoms with Crippen LogP contribution in [0.1, 0.15) is 78.2 Å². The molecule has 0 atom stereocenters. The average Bonchev–Trinajstić information content (AvgIpc) is 3.88. The lowest BCUT2D eigenvalue weighted by Gasteiger charge is -2.29. The molecule has 4 heterocycles. The minimum absolute atomic E-state index is 0.107. The van der Waals surface area contributed by atoms with Crippen molar-refractivity contribution in [3.8, 4) is 0 Å². The molecule has 0 radical (unpaired) electrons. The molecule has 0 spiro atoms. The summed E-state index contributed by atoms with van der Waals surface area (Å²) in [5.74, 6) is 2.16. The van der Waals surface area contributed by atoms with Crippen LogP contribution >= 0.6 is 0 Å². The first-order valence-corrected chi connectivity index (χ1v) is 20.4. The number of amides is 2.